The molecule has 1 aliphatic rings. The van der Waals surface area contributed by atoms with Crippen molar-refractivity contribution in [3.05, 3.63) is 16.1 Å². The molecule has 0 saturated carbocycles. The van der Waals surface area contributed by atoms with Gasteiger partial charge in [-0.25, -0.2) is 4.98 Å². The summed E-state index contributed by atoms with van der Waals surface area (Å²) in [5.41, 5.74) is 1.18. The number of aromatic nitrogens is 1. The van der Waals surface area contributed by atoms with Gasteiger partial charge in [-0.2, -0.15) is 0 Å². The molecular weight excluding hydrogens is 180 g/mol. The fourth-order valence-corrected chi connectivity index (χ4v) is 2.78. The Labute approximate surface area is 83.6 Å². The Balaban J connectivity index is 2.02. The van der Waals surface area contributed by atoms with Crippen LogP contribution in [0.15, 0.2) is 5.38 Å². The van der Waals surface area contributed by atoms with Gasteiger partial charge in [-0.05, 0) is 39.9 Å². The maximum atomic E-state index is 4.56. The number of nitrogens with zero attached hydrogens (tertiary/aromatic N) is 2. The van der Waals surface area contributed by atoms with E-state index in [4.69, 9.17) is 0 Å². The molecule has 0 spiro atoms. The number of hydrogen-bond acceptors (Lipinski definition) is 3. The molecule has 2 rings (SSSR count). The van der Waals surface area contributed by atoms with E-state index in [1.54, 1.807) is 0 Å². The lowest BCUT2D eigenvalue weighted by atomic mass is 9.98. The normalized spacial score (nSPS) is 20.8. The Morgan fingerprint density at radius 2 is 2.15 bits per heavy atom. The first kappa shape index (κ1) is 9.16. The molecule has 0 bridgehead atoms. The first-order valence-electron chi connectivity index (χ1n) is 4.86. The molecule has 1 fully saturated rings. The molecule has 72 valence electrons. The number of aryl methyl sites for hydroxylation is 1. The van der Waals surface area contributed by atoms with Crippen LogP contribution in [0.5, 0.6) is 0 Å². The van der Waals surface area contributed by atoms with Crippen molar-refractivity contribution >= 4 is 11.3 Å². The van der Waals surface area contributed by atoms with Crippen molar-refractivity contribution < 1.29 is 0 Å². The average molecular weight is 196 g/mol. The second-order valence-corrected chi connectivity index (χ2v) is 4.79. The molecule has 0 amide bonds. The number of rotatable bonds is 1. The van der Waals surface area contributed by atoms with E-state index in [1.807, 2.05) is 11.3 Å². The monoisotopic (exact) mass is 196 g/mol. The molecule has 0 N–H and O–H groups in total. The van der Waals surface area contributed by atoms with Crippen molar-refractivity contribution in [3.8, 4) is 0 Å². The van der Waals surface area contributed by atoms with Crippen LogP contribution in [-0.4, -0.2) is 30.0 Å². The highest BCUT2D eigenvalue weighted by Gasteiger charge is 2.20. The van der Waals surface area contributed by atoms with Crippen LogP contribution in [0, 0.1) is 6.92 Å². The van der Waals surface area contributed by atoms with Crippen molar-refractivity contribution in [2.45, 2.75) is 25.7 Å². The van der Waals surface area contributed by atoms with Crippen molar-refractivity contribution in [1.29, 1.82) is 0 Å². The molecule has 0 atom stereocenters. The Hall–Kier alpha value is -0.410. The smallest absolute Gasteiger partial charge is 0.0960 e. The Bertz CT molecular complexity index is 274. The lowest BCUT2D eigenvalue weighted by Crippen LogP contribution is -2.29. The topological polar surface area (TPSA) is 16.1 Å². The summed E-state index contributed by atoms with van der Waals surface area (Å²) in [7, 11) is 2.20. The van der Waals surface area contributed by atoms with Crippen LogP contribution in [0.1, 0.15) is 29.5 Å². The molecule has 13 heavy (non-hydrogen) atoms. The predicted molar refractivity (Wildman–Crippen MR) is 56.3 cm³/mol. The maximum absolute atomic E-state index is 4.56. The Kier molecular flexibility index (Phi) is 2.65. The number of likely N-dealkylation sites (tertiary alicyclic amines) is 1. The zero-order chi connectivity index (χ0) is 9.26. The highest BCUT2D eigenvalue weighted by Crippen LogP contribution is 2.29. The van der Waals surface area contributed by atoms with Gasteiger partial charge in [0.05, 0.1) is 5.01 Å². The zero-order valence-corrected chi connectivity index (χ0v) is 9.10. The number of piperidine rings is 1. The molecule has 0 aromatic carbocycles. The Morgan fingerprint density at radius 1 is 1.46 bits per heavy atom. The van der Waals surface area contributed by atoms with Crippen LogP contribution in [0.25, 0.3) is 0 Å². The quantitative estimate of drug-likeness (QED) is 0.685. The average Bonchev–Trinajstić information content (AvgIpc) is 2.53. The summed E-state index contributed by atoms with van der Waals surface area (Å²) in [5.74, 6) is 0.731. The second-order valence-electron chi connectivity index (χ2n) is 3.90. The van der Waals surface area contributed by atoms with Gasteiger partial charge < -0.3 is 4.90 Å². The first-order chi connectivity index (χ1) is 6.25. The van der Waals surface area contributed by atoms with Crippen LogP contribution >= 0.6 is 11.3 Å². The molecule has 1 aliphatic heterocycles. The van der Waals surface area contributed by atoms with Gasteiger partial charge in [0.25, 0.3) is 0 Å². The third-order valence-electron chi connectivity index (χ3n) is 2.70. The largest absolute Gasteiger partial charge is 0.306 e. The van der Waals surface area contributed by atoms with Gasteiger partial charge in [-0.15, -0.1) is 11.3 Å². The number of hydrogen-bond donors (Lipinski definition) is 0. The van der Waals surface area contributed by atoms with Gasteiger partial charge in [0, 0.05) is 17.0 Å². The highest BCUT2D eigenvalue weighted by atomic mass is 32.1. The summed E-state index contributed by atoms with van der Waals surface area (Å²) in [4.78, 5) is 6.96. The lowest BCUT2D eigenvalue weighted by Gasteiger charge is -2.27. The van der Waals surface area contributed by atoms with Gasteiger partial charge in [0.2, 0.25) is 0 Å². The fourth-order valence-electron chi connectivity index (χ4n) is 1.82. The summed E-state index contributed by atoms with van der Waals surface area (Å²) in [6.07, 6.45) is 2.56. The molecular formula is C10H16N2S. The molecule has 0 radical (unpaired) electrons. The summed E-state index contributed by atoms with van der Waals surface area (Å²) < 4.78 is 0. The number of thiazole rings is 1. The van der Waals surface area contributed by atoms with E-state index in [0.717, 1.165) is 5.92 Å². The van der Waals surface area contributed by atoms with E-state index in [2.05, 4.69) is 29.2 Å². The minimum absolute atomic E-state index is 0.731. The van der Waals surface area contributed by atoms with Crippen LogP contribution in [0.3, 0.4) is 0 Å². The molecule has 1 saturated heterocycles. The van der Waals surface area contributed by atoms with Crippen molar-refractivity contribution in [2.24, 2.45) is 0 Å². The third kappa shape index (κ3) is 2.09. The van der Waals surface area contributed by atoms with Crippen LogP contribution in [-0.2, 0) is 0 Å². The van der Waals surface area contributed by atoms with Crippen LogP contribution in [0.4, 0.5) is 0 Å². The lowest BCUT2D eigenvalue weighted by molar-refractivity contribution is 0.255. The summed E-state index contributed by atoms with van der Waals surface area (Å²) in [6, 6.07) is 0. The van der Waals surface area contributed by atoms with E-state index in [-0.39, 0.29) is 0 Å². The van der Waals surface area contributed by atoms with E-state index in [0.29, 0.717) is 0 Å². The van der Waals surface area contributed by atoms with Crippen molar-refractivity contribution in [2.75, 3.05) is 20.1 Å². The molecule has 2 heterocycles. The van der Waals surface area contributed by atoms with Crippen LogP contribution in [0.2, 0.25) is 0 Å². The summed E-state index contributed by atoms with van der Waals surface area (Å²) in [5, 5.41) is 3.51. The minimum Gasteiger partial charge on any atom is -0.306 e. The van der Waals surface area contributed by atoms with Gasteiger partial charge >= 0.3 is 0 Å². The SMILES string of the molecule is Cc1csc(C2CCN(C)CC2)n1. The third-order valence-corrected chi connectivity index (χ3v) is 3.83. The second kappa shape index (κ2) is 3.76. The van der Waals surface area contributed by atoms with E-state index in [9.17, 15) is 0 Å². The molecule has 1 aromatic heterocycles. The van der Waals surface area contributed by atoms with Gasteiger partial charge in [-0.3, -0.25) is 0 Å². The zero-order valence-electron chi connectivity index (χ0n) is 8.29. The van der Waals surface area contributed by atoms with Crippen molar-refractivity contribution in [3.63, 3.8) is 0 Å². The molecule has 3 heteroatoms. The van der Waals surface area contributed by atoms with E-state index >= 15 is 0 Å². The standard InChI is InChI=1S/C10H16N2S/c1-8-7-13-10(11-8)9-3-5-12(2)6-4-9/h7,9H,3-6H2,1-2H3. The predicted octanol–water partition coefficient (Wildman–Crippen LogP) is 2.26. The van der Waals surface area contributed by atoms with Crippen molar-refractivity contribution in [1.82, 2.24) is 9.88 Å². The van der Waals surface area contributed by atoms with Gasteiger partial charge in [0.15, 0.2) is 0 Å². The molecule has 0 unspecified atom stereocenters. The maximum Gasteiger partial charge on any atom is 0.0960 e. The molecule has 2 nitrogen and oxygen atoms in total. The molecule has 1 aromatic rings. The summed E-state index contributed by atoms with van der Waals surface area (Å²) in [6.45, 7) is 4.53. The van der Waals surface area contributed by atoms with Gasteiger partial charge in [0.1, 0.15) is 0 Å². The minimum atomic E-state index is 0.731. The highest BCUT2D eigenvalue weighted by molar-refractivity contribution is 7.09. The fraction of sp³-hybridized carbons (Fsp3) is 0.700. The van der Waals surface area contributed by atoms with E-state index in [1.165, 1.54) is 36.6 Å². The van der Waals surface area contributed by atoms with Crippen LogP contribution < -0.4 is 0 Å². The molecule has 0 aliphatic carbocycles. The first-order valence-corrected chi connectivity index (χ1v) is 5.74. The van der Waals surface area contributed by atoms with Gasteiger partial charge in [-0.1, -0.05) is 0 Å². The Morgan fingerprint density at radius 3 is 2.69 bits per heavy atom. The van der Waals surface area contributed by atoms with E-state index < -0.39 is 0 Å². The summed E-state index contributed by atoms with van der Waals surface area (Å²) >= 11 is 1.83.